The number of aliphatic carboxylic acids is 1. The van der Waals surface area contributed by atoms with Gasteiger partial charge in [0.05, 0.1) is 11.4 Å². The topological polar surface area (TPSA) is 106 Å². The maximum atomic E-state index is 11.6. The lowest BCUT2D eigenvalue weighted by Crippen LogP contribution is -2.09. The molecule has 0 radical (unpaired) electrons. The van der Waals surface area contributed by atoms with Gasteiger partial charge in [-0.3, -0.25) is 4.79 Å². The summed E-state index contributed by atoms with van der Waals surface area (Å²) in [7, 11) is 0. The van der Waals surface area contributed by atoms with Gasteiger partial charge in [-0.1, -0.05) is 60.7 Å². The van der Waals surface area contributed by atoms with Crippen LogP contribution in [0.5, 0.6) is 11.5 Å². The van der Waals surface area contributed by atoms with Gasteiger partial charge in [0.2, 0.25) is 0 Å². The van der Waals surface area contributed by atoms with Crippen LogP contribution in [-0.4, -0.2) is 32.9 Å². The smallest absolute Gasteiger partial charge is 0.354 e. The van der Waals surface area contributed by atoms with Gasteiger partial charge in [-0.2, -0.15) is 0 Å². The highest BCUT2D eigenvalue weighted by Crippen LogP contribution is 2.35. The van der Waals surface area contributed by atoms with E-state index in [4.69, 9.17) is 14.6 Å². The van der Waals surface area contributed by atoms with Crippen LogP contribution in [-0.2, 0) is 23.8 Å². The maximum Gasteiger partial charge on any atom is 0.354 e. The predicted molar refractivity (Wildman–Crippen MR) is 117 cm³/mol. The van der Waals surface area contributed by atoms with Gasteiger partial charge < -0.3 is 19.7 Å². The first kappa shape index (κ1) is 22.2. The van der Waals surface area contributed by atoms with Gasteiger partial charge in [0.25, 0.3) is 0 Å². The summed E-state index contributed by atoms with van der Waals surface area (Å²) in [5.74, 6) is -1.59. The Morgan fingerprint density at radius 3 is 2.00 bits per heavy atom. The van der Waals surface area contributed by atoms with E-state index in [1.165, 1.54) is 6.07 Å². The van der Waals surface area contributed by atoms with Crippen molar-refractivity contribution < 1.29 is 29.3 Å². The standard InChI is InChI=1S/C23H21NO6S/c25-21(26)15-31-14-19-22(30-13-17-9-5-2-6-10-17)20(11-18(24-19)23(27)28)29-12-16-7-3-1-4-8-16/h1-11H,12-15H2,(H,25,26)(H,27,28). The molecule has 160 valence electrons. The minimum atomic E-state index is -1.20. The number of hydrogen-bond acceptors (Lipinski definition) is 6. The molecule has 0 aliphatic rings. The van der Waals surface area contributed by atoms with Crippen molar-refractivity contribution in [3.63, 3.8) is 0 Å². The molecule has 0 atom stereocenters. The molecular weight excluding hydrogens is 418 g/mol. The molecule has 0 aliphatic carbocycles. The number of thioether (sulfide) groups is 1. The number of rotatable bonds is 11. The van der Waals surface area contributed by atoms with Crippen molar-refractivity contribution in [2.24, 2.45) is 0 Å². The van der Waals surface area contributed by atoms with E-state index in [1.807, 2.05) is 60.7 Å². The Kier molecular flexibility index (Phi) is 7.89. The molecule has 1 heterocycles. The highest BCUT2D eigenvalue weighted by Gasteiger charge is 2.20. The molecular formula is C23H21NO6S. The summed E-state index contributed by atoms with van der Waals surface area (Å²) in [6, 6.07) is 20.3. The van der Waals surface area contributed by atoms with E-state index in [1.54, 1.807) is 0 Å². The summed E-state index contributed by atoms with van der Waals surface area (Å²) in [6.07, 6.45) is 0. The maximum absolute atomic E-state index is 11.6. The first-order valence-corrected chi connectivity index (χ1v) is 10.6. The molecule has 1 aromatic heterocycles. The third kappa shape index (κ3) is 6.75. The molecule has 3 aromatic rings. The zero-order valence-corrected chi connectivity index (χ0v) is 17.4. The summed E-state index contributed by atoms with van der Waals surface area (Å²) < 4.78 is 11.9. The van der Waals surface area contributed by atoms with Crippen LogP contribution < -0.4 is 9.47 Å². The number of pyridine rings is 1. The minimum absolute atomic E-state index is 0.142. The molecule has 0 spiro atoms. The first-order valence-electron chi connectivity index (χ1n) is 9.43. The van der Waals surface area contributed by atoms with E-state index in [2.05, 4.69) is 4.98 Å². The second-order valence-corrected chi connectivity index (χ2v) is 7.51. The number of carbonyl (C=O) groups is 2. The van der Waals surface area contributed by atoms with Gasteiger partial charge in [-0.15, -0.1) is 11.8 Å². The quantitative estimate of drug-likeness (QED) is 0.457. The van der Waals surface area contributed by atoms with E-state index in [9.17, 15) is 14.7 Å². The van der Waals surface area contributed by atoms with Crippen molar-refractivity contribution in [1.29, 1.82) is 0 Å². The van der Waals surface area contributed by atoms with E-state index in [0.717, 1.165) is 22.9 Å². The Morgan fingerprint density at radius 2 is 1.45 bits per heavy atom. The minimum Gasteiger partial charge on any atom is -0.485 e. The molecule has 7 nitrogen and oxygen atoms in total. The molecule has 2 N–H and O–H groups in total. The molecule has 0 unspecified atom stereocenters. The van der Waals surface area contributed by atoms with E-state index >= 15 is 0 Å². The summed E-state index contributed by atoms with van der Waals surface area (Å²) >= 11 is 1.10. The zero-order chi connectivity index (χ0) is 22.1. The third-order valence-corrected chi connectivity index (χ3v) is 5.08. The van der Waals surface area contributed by atoms with Gasteiger partial charge >= 0.3 is 11.9 Å². The van der Waals surface area contributed by atoms with Crippen LogP contribution in [0, 0.1) is 0 Å². The lowest BCUT2D eigenvalue weighted by Gasteiger charge is -2.17. The summed E-state index contributed by atoms with van der Waals surface area (Å²) in [5.41, 5.74) is 1.96. The van der Waals surface area contributed by atoms with Crippen molar-refractivity contribution in [2.75, 3.05) is 5.75 Å². The van der Waals surface area contributed by atoms with Gasteiger partial charge in [0, 0.05) is 11.8 Å². The lowest BCUT2D eigenvalue weighted by atomic mass is 10.2. The number of hydrogen-bond donors (Lipinski definition) is 2. The Morgan fingerprint density at radius 1 is 0.871 bits per heavy atom. The molecule has 0 aliphatic heterocycles. The molecule has 0 saturated heterocycles. The van der Waals surface area contributed by atoms with Crippen molar-refractivity contribution in [3.05, 3.63) is 89.2 Å². The third-order valence-electron chi connectivity index (χ3n) is 4.16. The second-order valence-electron chi connectivity index (χ2n) is 6.52. The van der Waals surface area contributed by atoms with Gasteiger partial charge in [0.1, 0.15) is 13.2 Å². The first-order chi connectivity index (χ1) is 15.0. The lowest BCUT2D eigenvalue weighted by molar-refractivity contribution is -0.133. The van der Waals surface area contributed by atoms with Crippen LogP contribution in [0.1, 0.15) is 27.3 Å². The highest BCUT2D eigenvalue weighted by molar-refractivity contribution is 7.99. The molecule has 31 heavy (non-hydrogen) atoms. The Labute approximate surface area is 183 Å². The van der Waals surface area contributed by atoms with Crippen molar-refractivity contribution in [1.82, 2.24) is 4.98 Å². The summed E-state index contributed by atoms with van der Waals surface area (Å²) in [4.78, 5) is 26.7. The van der Waals surface area contributed by atoms with Crippen LogP contribution in [0.25, 0.3) is 0 Å². The molecule has 0 fully saturated rings. The normalized spacial score (nSPS) is 10.5. The monoisotopic (exact) mass is 439 g/mol. The molecule has 0 saturated carbocycles. The zero-order valence-electron chi connectivity index (χ0n) is 16.6. The van der Waals surface area contributed by atoms with Gasteiger partial charge in [0.15, 0.2) is 17.2 Å². The van der Waals surface area contributed by atoms with Crippen molar-refractivity contribution in [3.8, 4) is 11.5 Å². The number of aromatic carboxylic acids is 1. The van der Waals surface area contributed by atoms with Crippen LogP contribution in [0.2, 0.25) is 0 Å². The fourth-order valence-electron chi connectivity index (χ4n) is 2.73. The fraction of sp³-hybridized carbons (Fsp3) is 0.174. The van der Waals surface area contributed by atoms with E-state index in [0.29, 0.717) is 11.4 Å². The number of carboxylic acids is 2. The van der Waals surface area contributed by atoms with Crippen LogP contribution >= 0.6 is 11.8 Å². The predicted octanol–water partition coefficient (Wildman–Crippen LogP) is 4.26. The van der Waals surface area contributed by atoms with Crippen LogP contribution in [0.4, 0.5) is 0 Å². The summed E-state index contributed by atoms with van der Waals surface area (Å²) in [5, 5.41) is 18.4. The Hall–Kier alpha value is -3.52. The molecule has 2 aromatic carbocycles. The SMILES string of the molecule is O=C(O)CSCc1nc(C(=O)O)cc(OCc2ccccc2)c1OCc1ccccc1. The molecule has 0 amide bonds. The molecule has 0 bridgehead atoms. The Balaban J connectivity index is 1.91. The van der Waals surface area contributed by atoms with Gasteiger partial charge in [-0.05, 0) is 11.1 Å². The fourth-order valence-corrected chi connectivity index (χ4v) is 3.40. The van der Waals surface area contributed by atoms with Crippen molar-refractivity contribution in [2.45, 2.75) is 19.0 Å². The van der Waals surface area contributed by atoms with Crippen molar-refractivity contribution >= 4 is 23.7 Å². The average molecular weight is 439 g/mol. The molecule has 3 rings (SSSR count). The highest BCUT2D eigenvalue weighted by atomic mass is 32.2. The number of ether oxygens (including phenoxy) is 2. The van der Waals surface area contributed by atoms with E-state index < -0.39 is 11.9 Å². The largest absolute Gasteiger partial charge is 0.485 e. The van der Waals surface area contributed by atoms with Crippen LogP contribution in [0.15, 0.2) is 66.7 Å². The average Bonchev–Trinajstić information content (AvgIpc) is 2.77. The number of aromatic nitrogens is 1. The van der Waals surface area contributed by atoms with E-state index in [-0.39, 0.29) is 36.2 Å². The van der Waals surface area contributed by atoms with Gasteiger partial charge in [-0.25, -0.2) is 9.78 Å². The number of nitrogens with zero attached hydrogens (tertiary/aromatic N) is 1. The Bertz CT molecular complexity index is 1030. The summed E-state index contributed by atoms with van der Waals surface area (Å²) in [6.45, 7) is 0.445. The van der Waals surface area contributed by atoms with Crippen LogP contribution in [0.3, 0.4) is 0 Å². The number of carboxylic acid groups (broad SMARTS) is 2. The number of benzene rings is 2. The molecule has 8 heteroatoms. The second kappa shape index (κ2) is 11.0.